The van der Waals surface area contributed by atoms with Crippen molar-refractivity contribution < 1.29 is 19.4 Å². The highest BCUT2D eigenvalue weighted by Gasteiger charge is 2.10. The standard InChI is InChI=1S/C17H16ClNO4/c1-22-14-8-11(9-15(23-2)17(14)21)6-7-16(20)19-13-5-3-4-12(18)10-13/h3-10,21H,1-2H3,(H,19,20)/b7-6+. The van der Waals surface area contributed by atoms with Gasteiger partial charge < -0.3 is 19.9 Å². The summed E-state index contributed by atoms with van der Waals surface area (Å²) in [5.74, 6) is 0.132. The van der Waals surface area contributed by atoms with E-state index in [9.17, 15) is 9.90 Å². The van der Waals surface area contributed by atoms with Gasteiger partial charge in [0.25, 0.3) is 0 Å². The molecule has 0 saturated heterocycles. The number of amides is 1. The third-order valence-corrected chi connectivity index (χ3v) is 3.26. The van der Waals surface area contributed by atoms with Gasteiger partial charge in [0, 0.05) is 16.8 Å². The van der Waals surface area contributed by atoms with Gasteiger partial charge >= 0.3 is 0 Å². The molecular weight excluding hydrogens is 318 g/mol. The Labute approximate surface area is 139 Å². The average Bonchev–Trinajstić information content (AvgIpc) is 2.53. The number of methoxy groups -OCH3 is 2. The molecule has 0 aromatic heterocycles. The molecule has 0 unspecified atom stereocenters. The molecule has 0 fully saturated rings. The summed E-state index contributed by atoms with van der Waals surface area (Å²) in [6.45, 7) is 0. The summed E-state index contributed by atoms with van der Waals surface area (Å²) in [6.07, 6.45) is 2.95. The molecule has 2 N–H and O–H groups in total. The topological polar surface area (TPSA) is 67.8 Å². The summed E-state index contributed by atoms with van der Waals surface area (Å²) in [6, 6.07) is 10.1. The highest BCUT2D eigenvalue weighted by atomic mass is 35.5. The molecule has 6 heteroatoms. The van der Waals surface area contributed by atoms with Crippen LogP contribution >= 0.6 is 11.6 Å². The van der Waals surface area contributed by atoms with Crippen LogP contribution in [0.4, 0.5) is 5.69 Å². The molecule has 120 valence electrons. The van der Waals surface area contributed by atoms with Crippen LogP contribution in [-0.2, 0) is 4.79 Å². The van der Waals surface area contributed by atoms with Crippen LogP contribution in [0.15, 0.2) is 42.5 Å². The van der Waals surface area contributed by atoms with Gasteiger partial charge in [-0.15, -0.1) is 0 Å². The predicted molar refractivity (Wildman–Crippen MR) is 90.3 cm³/mol. The van der Waals surface area contributed by atoms with Gasteiger partial charge in [-0.1, -0.05) is 17.7 Å². The first-order valence-electron chi connectivity index (χ1n) is 6.73. The van der Waals surface area contributed by atoms with Crippen molar-refractivity contribution in [1.82, 2.24) is 0 Å². The van der Waals surface area contributed by atoms with Crippen LogP contribution in [-0.4, -0.2) is 25.2 Å². The molecule has 0 radical (unpaired) electrons. The summed E-state index contributed by atoms with van der Waals surface area (Å²) >= 11 is 5.86. The summed E-state index contributed by atoms with van der Waals surface area (Å²) < 4.78 is 10.1. The van der Waals surface area contributed by atoms with Crippen molar-refractivity contribution in [1.29, 1.82) is 0 Å². The zero-order valence-corrected chi connectivity index (χ0v) is 13.4. The number of nitrogens with one attached hydrogen (secondary N) is 1. The minimum Gasteiger partial charge on any atom is -0.502 e. The summed E-state index contributed by atoms with van der Waals surface area (Å²) in [4.78, 5) is 11.9. The van der Waals surface area contributed by atoms with E-state index in [-0.39, 0.29) is 23.2 Å². The summed E-state index contributed by atoms with van der Waals surface area (Å²) in [5, 5.41) is 13.1. The van der Waals surface area contributed by atoms with E-state index < -0.39 is 0 Å². The predicted octanol–water partition coefficient (Wildman–Crippen LogP) is 3.71. The minimum atomic E-state index is -0.307. The second-order valence-corrected chi connectivity index (χ2v) is 5.04. The highest BCUT2D eigenvalue weighted by molar-refractivity contribution is 6.30. The summed E-state index contributed by atoms with van der Waals surface area (Å²) in [5.41, 5.74) is 1.26. The number of hydrogen-bond donors (Lipinski definition) is 2. The van der Waals surface area contributed by atoms with Crippen LogP contribution < -0.4 is 14.8 Å². The van der Waals surface area contributed by atoms with Crippen molar-refractivity contribution in [2.45, 2.75) is 0 Å². The average molecular weight is 334 g/mol. The zero-order valence-electron chi connectivity index (χ0n) is 12.7. The van der Waals surface area contributed by atoms with E-state index in [0.717, 1.165) is 0 Å². The molecule has 0 bridgehead atoms. The molecule has 0 aliphatic carbocycles. The second-order valence-electron chi connectivity index (χ2n) is 4.61. The van der Waals surface area contributed by atoms with Crippen molar-refractivity contribution in [3.8, 4) is 17.2 Å². The van der Waals surface area contributed by atoms with E-state index in [1.54, 1.807) is 42.5 Å². The molecule has 0 atom stereocenters. The van der Waals surface area contributed by atoms with Crippen molar-refractivity contribution in [2.75, 3.05) is 19.5 Å². The number of ether oxygens (including phenoxy) is 2. The molecule has 0 aliphatic rings. The Morgan fingerprint density at radius 3 is 2.39 bits per heavy atom. The van der Waals surface area contributed by atoms with Crippen molar-refractivity contribution in [3.63, 3.8) is 0 Å². The van der Waals surface area contributed by atoms with Crippen molar-refractivity contribution in [3.05, 3.63) is 53.1 Å². The number of halogens is 1. The monoisotopic (exact) mass is 333 g/mol. The van der Waals surface area contributed by atoms with Gasteiger partial charge in [-0.05, 0) is 42.0 Å². The summed E-state index contributed by atoms with van der Waals surface area (Å²) in [7, 11) is 2.88. The van der Waals surface area contributed by atoms with Gasteiger partial charge in [0.1, 0.15) is 0 Å². The van der Waals surface area contributed by atoms with E-state index in [1.165, 1.54) is 20.3 Å². The van der Waals surface area contributed by atoms with E-state index >= 15 is 0 Å². The quantitative estimate of drug-likeness (QED) is 0.818. The van der Waals surface area contributed by atoms with Crippen molar-refractivity contribution >= 4 is 29.3 Å². The smallest absolute Gasteiger partial charge is 0.248 e. The van der Waals surface area contributed by atoms with E-state index in [4.69, 9.17) is 21.1 Å². The number of anilines is 1. The Kier molecular flexibility index (Phi) is 5.49. The van der Waals surface area contributed by atoms with Gasteiger partial charge in [-0.3, -0.25) is 4.79 Å². The number of carbonyl (C=O) groups excluding carboxylic acids is 1. The molecule has 2 rings (SSSR count). The maximum absolute atomic E-state index is 11.9. The molecule has 0 aliphatic heterocycles. The van der Waals surface area contributed by atoms with Gasteiger partial charge in [0.15, 0.2) is 11.5 Å². The fourth-order valence-corrected chi connectivity index (χ4v) is 2.12. The Bertz CT molecular complexity index is 718. The molecule has 0 saturated carbocycles. The van der Waals surface area contributed by atoms with Crippen LogP contribution in [0.2, 0.25) is 5.02 Å². The molecule has 2 aromatic carbocycles. The van der Waals surface area contributed by atoms with E-state index in [0.29, 0.717) is 16.3 Å². The molecule has 2 aromatic rings. The number of carbonyl (C=O) groups is 1. The van der Waals surface area contributed by atoms with Crippen LogP contribution in [0.3, 0.4) is 0 Å². The zero-order chi connectivity index (χ0) is 16.8. The Morgan fingerprint density at radius 1 is 1.17 bits per heavy atom. The maximum Gasteiger partial charge on any atom is 0.248 e. The fourth-order valence-electron chi connectivity index (χ4n) is 1.93. The third-order valence-electron chi connectivity index (χ3n) is 3.02. The highest BCUT2D eigenvalue weighted by Crippen LogP contribution is 2.37. The molecule has 0 heterocycles. The number of aromatic hydroxyl groups is 1. The molecule has 1 amide bonds. The number of rotatable bonds is 5. The Hall–Kier alpha value is -2.66. The Morgan fingerprint density at radius 2 is 1.83 bits per heavy atom. The lowest BCUT2D eigenvalue weighted by Gasteiger charge is -2.09. The van der Waals surface area contributed by atoms with Gasteiger partial charge in [-0.25, -0.2) is 0 Å². The number of phenolic OH excluding ortho intramolecular Hbond substituents is 1. The van der Waals surface area contributed by atoms with Crippen LogP contribution in [0.5, 0.6) is 17.2 Å². The minimum absolute atomic E-state index is 0.0875. The molecule has 5 nitrogen and oxygen atoms in total. The normalized spacial score (nSPS) is 10.6. The molecular formula is C17H16ClNO4. The SMILES string of the molecule is COc1cc(/C=C/C(=O)Nc2cccc(Cl)c2)cc(OC)c1O. The second kappa shape index (κ2) is 7.56. The third kappa shape index (κ3) is 4.40. The first-order chi connectivity index (χ1) is 11.0. The maximum atomic E-state index is 11.9. The van der Waals surface area contributed by atoms with Crippen LogP contribution in [0.25, 0.3) is 6.08 Å². The van der Waals surface area contributed by atoms with Gasteiger partial charge in [-0.2, -0.15) is 0 Å². The van der Waals surface area contributed by atoms with Gasteiger partial charge in [0.2, 0.25) is 11.7 Å². The number of phenols is 1. The van der Waals surface area contributed by atoms with Gasteiger partial charge in [0.05, 0.1) is 14.2 Å². The largest absolute Gasteiger partial charge is 0.502 e. The van der Waals surface area contributed by atoms with Crippen LogP contribution in [0.1, 0.15) is 5.56 Å². The first kappa shape index (κ1) is 16.7. The van der Waals surface area contributed by atoms with E-state index in [1.807, 2.05) is 0 Å². The van der Waals surface area contributed by atoms with Crippen molar-refractivity contribution in [2.24, 2.45) is 0 Å². The van der Waals surface area contributed by atoms with E-state index in [2.05, 4.69) is 5.32 Å². The number of hydrogen-bond acceptors (Lipinski definition) is 4. The first-order valence-corrected chi connectivity index (χ1v) is 7.11. The Balaban J connectivity index is 2.14. The number of benzene rings is 2. The molecule has 23 heavy (non-hydrogen) atoms. The molecule has 0 spiro atoms. The lowest BCUT2D eigenvalue weighted by Crippen LogP contribution is -2.07. The van der Waals surface area contributed by atoms with Crippen LogP contribution in [0, 0.1) is 0 Å². The lowest BCUT2D eigenvalue weighted by molar-refractivity contribution is -0.111. The fraction of sp³-hybridized carbons (Fsp3) is 0.118. The lowest BCUT2D eigenvalue weighted by atomic mass is 10.1.